The van der Waals surface area contributed by atoms with Crippen LogP contribution in [-0.4, -0.2) is 61.0 Å². The summed E-state index contributed by atoms with van der Waals surface area (Å²) in [5.41, 5.74) is 0. The predicted octanol–water partition coefficient (Wildman–Crippen LogP) is -0.805. The topological polar surface area (TPSA) is 98.8 Å². The molecule has 2 aliphatic rings. The van der Waals surface area contributed by atoms with Crippen molar-refractivity contribution in [2.24, 2.45) is 0 Å². The molecule has 21 heavy (non-hydrogen) atoms. The zero-order chi connectivity index (χ0) is 15.1. The Morgan fingerprint density at radius 3 is 1.95 bits per heavy atom. The lowest BCUT2D eigenvalue weighted by Crippen LogP contribution is -2.34. The fourth-order valence-electron chi connectivity index (χ4n) is 1.41. The second-order valence-corrected chi connectivity index (χ2v) is 5.66. The van der Waals surface area contributed by atoms with Crippen molar-refractivity contribution < 1.29 is 39.1 Å². The minimum Gasteiger partial charge on any atom is -0.383 e. The number of hydrogen-bond donors (Lipinski definition) is 0. The Balaban J connectivity index is 1.70. The molecule has 120 valence electrons. The van der Waals surface area contributed by atoms with Crippen molar-refractivity contribution >= 4 is 30.0 Å². The molecule has 0 bridgehead atoms. The van der Waals surface area contributed by atoms with E-state index in [9.17, 15) is 8.42 Å². The SMILES string of the molecule is C=CCOB(OCC1COS(=O)O1)OCC1COS(=O)O1. The van der Waals surface area contributed by atoms with E-state index in [1.54, 1.807) is 0 Å². The van der Waals surface area contributed by atoms with E-state index in [4.69, 9.17) is 30.7 Å². The molecule has 2 saturated heterocycles. The van der Waals surface area contributed by atoms with E-state index in [0.29, 0.717) is 0 Å². The fourth-order valence-corrected chi connectivity index (χ4v) is 2.71. The Morgan fingerprint density at radius 1 is 1.05 bits per heavy atom. The van der Waals surface area contributed by atoms with Gasteiger partial charge in [0.15, 0.2) is 0 Å². The quantitative estimate of drug-likeness (QED) is 0.394. The largest absolute Gasteiger partial charge is 0.639 e. The van der Waals surface area contributed by atoms with Gasteiger partial charge in [0.05, 0.1) is 33.0 Å². The average molecular weight is 342 g/mol. The second-order valence-electron chi connectivity index (χ2n) is 3.99. The molecule has 9 nitrogen and oxygen atoms in total. The van der Waals surface area contributed by atoms with Gasteiger partial charge in [-0.2, -0.15) is 8.42 Å². The van der Waals surface area contributed by atoms with Gasteiger partial charge >= 0.3 is 30.0 Å². The Hall–Kier alpha value is -0.175. The summed E-state index contributed by atoms with van der Waals surface area (Å²) in [5.74, 6) is 0. The Labute approximate surface area is 127 Å². The molecule has 0 radical (unpaired) electrons. The van der Waals surface area contributed by atoms with Gasteiger partial charge < -0.3 is 14.0 Å². The molecule has 4 atom stereocenters. The van der Waals surface area contributed by atoms with Crippen LogP contribution < -0.4 is 0 Å². The molecule has 0 aromatic heterocycles. The van der Waals surface area contributed by atoms with Crippen LogP contribution >= 0.6 is 0 Å². The lowest BCUT2D eigenvalue weighted by atomic mass is 10.2. The van der Waals surface area contributed by atoms with Crippen molar-refractivity contribution in [2.45, 2.75) is 12.2 Å². The van der Waals surface area contributed by atoms with Crippen LogP contribution in [0.15, 0.2) is 12.7 Å². The Morgan fingerprint density at radius 2 is 1.57 bits per heavy atom. The molecule has 2 aliphatic heterocycles. The van der Waals surface area contributed by atoms with E-state index in [1.807, 2.05) is 0 Å². The summed E-state index contributed by atoms with van der Waals surface area (Å²) in [6, 6.07) is 0. The first-order valence-corrected chi connectivity index (χ1v) is 8.07. The predicted molar refractivity (Wildman–Crippen MR) is 71.7 cm³/mol. The minimum absolute atomic E-state index is 0.0848. The van der Waals surface area contributed by atoms with E-state index < -0.39 is 42.3 Å². The van der Waals surface area contributed by atoms with Gasteiger partial charge in [-0.25, -0.2) is 0 Å². The highest BCUT2D eigenvalue weighted by molar-refractivity contribution is 7.75. The molecule has 12 heteroatoms. The summed E-state index contributed by atoms with van der Waals surface area (Å²) in [6.45, 7) is 4.24. The molecule has 0 spiro atoms. The molecule has 0 N–H and O–H groups in total. The highest BCUT2D eigenvalue weighted by atomic mass is 32.2. The van der Waals surface area contributed by atoms with E-state index in [0.717, 1.165) is 0 Å². The smallest absolute Gasteiger partial charge is 0.383 e. The minimum atomic E-state index is -1.73. The van der Waals surface area contributed by atoms with Crippen LogP contribution in [0.4, 0.5) is 0 Å². The molecular formula is C9H15BO9S2. The summed E-state index contributed by atoms with van der Waals surface area (Å²) in [7, 11) is -0.988. The van der Waals surface area contributed by atoms with Crippen LogP contribution in [0.25, 0.3) is 0 Å². The molecule has 0 amide bonds. The molecule has 0 aliphatic carbocycles. The lowest BCUT2D eigenvalue weighted by molar-refractivity contribution is 0.0459. The lowest BCUT2D eigenvalue weighted by Gasteiger charge is -2.16. The summed E-state index contributed by atoms with van der Waals surface area (Å²) >= 11 is -3.46. The summed E-state index contributed by atoms with van der Waals surface area (Å²) in [4.78, 5) is 0. The van der Waals surface area contributed by atoms with Gasteiger partial charge in [-0.05, 0) is 0 Å². The van der Waals surface area contributed by atoms with Gasteiger partial charge in [0.25, 0.3) is 0 Å². The molecule has 0 saturated carbocycles. The monoisotopic (exact) mass is 342 g/mol. The van der Waals surface area contributed by atoms with Crippen LogP contribution in [0.2, 0.25) is 0 Å². The molecule has 0 aromatic rings. The van der Waals surface area contributed by atoms with Gasteiger partial charge in [0.2, 0.25) is 0 Å². The Bertz CT molecular complexity index is 365. The van der Waals surface area contributed by atoms with E-state index in [-0.39, 0.29) is 33.0 Å². The normalized spacial score (nSPS) is 32.4. The zero-order valence-corrected chi connectivity index (χ0v) is 12.7. The van der Waals surface area contributed by atoms with Crippen LogP contribution in [0.1, 0.15) is 0 Å². The molecule has 2 fully saturated rings. The van der Waals surface area contributed by atoms with Crippen molar-refractivity contribution in [1.82, 2.24) is 0 Å². The third-order valence-electron chi connectivity index (χ3n) is 2.32. The first-order valence-electron chi connectivity index (χ1n) is 6.07. The highest BCUT2D eigenvalue weighted by Gasteiger charge is 2.31. The van der Waals surface area contributed by atoms with Crippen LogP contribution in [0.5, 0.6) is 0 Å². The van der Waals surface area contributed by atoms with Crippen molar-refractivity contribution in [3.8, 4) is 0 Å². The Kier molecular flexibility index (Phi) is 7.42. The average Bonchev–Trinajstić information content (AvgIpc) is 3.07. The van der Waals surface area contributed by atoms with E-state index in [1.165, 1.54) is 6.08 Å². The van der Waals surface area contributed by atoms with Gasteiger partial charge in [-0.1, -0.05) is 6.08 Å². The third kappa shape index (κ3) is 6.22. The molecule has 2 heterocycles. The van der Waals surface area contributed by atoms with E-state index in [2.05, 4.69) is 6.58 Å². The zero-order valence-electron chi connectivity index (χ0n) is 11.0. The van der Waals surface area contributed by atoms with Crippen LogP contribution in [0, 0.1) is 0 Å². The summed E-state index contributed by atoms with van der Waals surface area (Å²) in [5, 5.41) is 0. The van der Waals surface area contributed by atoms with Crippen molar-refractivity contribution in [3.05, 3.63) is 12.7 Å². The molecule has 2 rings (SSSR count). The van der Waals surface area contributed by atoms with Crippen molar-refractivity contribution in [2.75, 3.05) is 33.0 Å². The number of rotatable bonds is 9. The van der Waals surface area contributed by atoms with Crippen LogP contribution in [0.3, 0.4) is 0 Å². The number of hydrogen-bond acceptors (Lipinski definition) is 9. The maximum Gasteiger partial charge on any atom is 0.639 e. The van der Waals surface area contributed by atoms with Crippen molar-refractivity contribution in [3.63, 3.8) is 0 Å². The first-order chi connectivity index (χ1) is 10.2. The highest BCUT2D eigenvalue weighted by Crippen LogP contribution is 2.12. The summed E-state index contributed by atoms with van der Waals surface area (Å²) in [6.07, 6.45) is 0.624. The van der Waals surface area contributed by atoms with Gasteiger partial charge in [-0.15, -0.1) is 6.58 Å². The van der Waals surface area contributed by atoms with Crippen LogP contribution in [-0.2, 0) is 53.4 Å². The summed E-state index contributed by atoms with van der Waals surface area (Å²) < 4.78 is 57.0. The standard InChI is InChI=1S/C9H15BO9S2/c1-2-3-13-10(14-4-8-6-16-20(11)18-8)15-5-9-7-17-21(12)19-9/h2,8-9H,1,3-7H2. The molecule has 0 aromatic carbocycles. The first kappa shape index (κ1) is 17.2. The van der Waals surface area contributed by atoms with Gasteiger partial charge in [0.1, 0.15) is 12.2 Å². The maximum atomic E-state index is 10.9. The molecule has 4 unspecified atom stereocenters. The van der Waals surface area contributed by atoms with Crippen molar-refractivity contribution in [1.29, 1.82) is 0 Å². The fraction of sp³-hybridized carbons (Fsp3) is 0.778. The van der Waals surface area contributed by atoms with Gasteiger partial charge in [-0.3, -0.25) is 16.7 Å². The van der Waals surface area contributed by atoms with Gasteiger partial charge in [0, 0.05) is 0 Å². The molecular weight excluding hydrogens is 327 g/mol. The third-order valence-corrected chi connectivity index (χ3v) is 3.83. The van der Waals surface area contributed by atoms with E-state index >= 15 is 0 Å². The second kappa shape index (κ2) is 9.07. The maximum absolute atomic E-state index is 10.9.